The minimum atomic E-state index is -4.79. The van der Waals surface area contributed by atoms with E-state index in [2.05, 4.69) is 20.1 Å². The van der Waals surface area contributed by atoms with Crippen LogP contribution in [0.15, 0.2) is 12.1 Å². The largest absolute Gasteiger partial charge is 0.461 e. The normalized spacial score (nSPS) is 31.4. The predicted molar refractivity (Wildman–Crippen MR) is 140 cm³/mol. The summed E-state index contributed by atoms with van der Waals surface area (Å²) < 4.78 is 83.2. The summed E-state index contributed by atoms with van der Waals surface area (Å²) in [5, 5.41) is 3.59. The molecule has 1 aromatic heterocycles. The topological polar surface area (TPSA) is 88.8 Å². The lowest BCUT2D eigenvalue weighted by Gasteiger charge is -2.37. The highest BCUT2D eigenvalue weighted by Gasteiger charge is 2.49. The number of rotatable bonds is 5. The van der Waals surface area contributed by atoms with Gasteiger partial charge < -0.3 is 25.4 Å². The highest BCUT2D eigenvalue weighted by atomic mass is 19.4. The summed E-state index contributed by atoms with van der Waals surface area (Å²) in [5.41, 5.74) is 4.26. The first-order chi connectivity index (χ1) is 19.6. The lowest BCUT2D eigenvalue weighted by atomic mass is 9.93. The first-order valence-corrected chi connectivity index (χ1v) is 14.3. The van der Waals surface area contributed by atoms with Crippen LogP contribution in [0.25, 0.3) is 0 Å². The smallest absolute Gasteiger partial charge is 0.416 e. The van der Waals surface area contributed by atoms with Gasteiger partial charge in [0.15, 0.2) is 5.82 Å². The zero-order valence-electron chi connectivity index (χ0n) is 22.5. The SMILES string of the molecule is Nc1ccc(C(F)(F)F)c([C@H]2Cc3nc(OC[C@@]45CCCN4C[C@H](F)C5)nc(N4CC5CCC(C4)N5)c3CO2)c1F. The Kier molecular flexibility index (Phi) is 6.55. The molecular formula is C28H33F5N6O2. The Morgan fingerprint density at radius 3 is 2.68 bits per heavy atom. The zero-order chi connectivity index (χ0) is 28.5. The molecule has 0 radical (unpaired) electrons. The molecule has 2 unspecified atom stereocenters. The second kappa shape index (κ2) is 9.91. The number of aromatic nitrogens is 2. The number of fused-ring (bicyclic) bond motifs is 4. The van der Waals surface area contributed by atoms with E-state index in [1.807, 2.05) is 0 Å². The number of benzene rings is 1. The number of piperazine rings is 1. The van der Waals surface area contributed by atoms with E-state index >= 15 is 4.39 Å². The highest BCUT2D eigenvalue weighted by molar-refractivity contribution is 5.53. The van der Waals surface area contributed by atoms with E-state index in [0.717, 1.165) is 44.4 Å². The van der Waals surface area contributed by atoms with Crippen molar-refractivity contribution in [3.8, 4) is 6.01 Å². The number of alkyl halides is 4. The molecule has 222 valence electrons. The molecule has 1 aromatic carbocycles. The van der Waals surface area contributed by atoms with Crippen molar-refractivity contribution in [2.75, 3.05) is 43.4 Å². The summed E-state index contributed by atoms with van der Waals surface area (Å²) in [6.45, 7) is 2.77. The Morgan fingerprint density at radius 1 is 1.15 bits per heavy atom. The number of nitrogens with zero attached hydrogens (tertiary/aromatic N) is 4. The van der Waals surface area contributed by atoms with Crippen LogP contribution >= 0.6 is 0 Å². The van der Waals surface area contributed by atoms with Gasteiger partial charge in [0.2, 0.25) is 0 Å². The van der Waals surface area contributed by atoms with Crippen molar-refractivity contribution in [2.45, 2.75) is 81.2 Å². The van der Waals surface area contributed by atoms with Crippen LogP contribution in [0.5, 0.6) is 6.01 Å². The van der Waals surface area contributed by atoms with E-state index in [9.17, 15) is 17.6 Å². The van der Waals surface area contributed by atoms with E-state index < -0.39 is 40.9 Å². The molecule has 41 heavy (non-hydrogen) atoms. The zero-order valence-corrected chi connectivity index (χ0v) is 22.5. The van der Waals surface area contributed by atoms with Crippen molar-refractivity contribution in [1.29, 1.82) is 0 Å². The van der Waals surface area contributed by atoms with Gasteiger partial charge in [-0.2, -0.15) is 23.1 Å². The second-order valence-corrected chi connectivity index (χ2v) is 12.1. The Labute approximate surface area is 234 Å². The first kappa shape index (κ1) is 27.1. The van der Waals surface area contributed by atoms with Gasteiger partial charge in [-0.1, -0.05) is 0 Å². The molecule has 4 saturated heterocycles. The van der Waals surface area contributed by atoms with Crippen LogP contribution < -0.4 is 20.7 Å². The van der Waals surface area contributed by atoms with E-state index in [1.165, 1.54) is 0 Å². The van der Waals surface area contributed by atoms with E-state index in [4.69, 9.17) is 20.2 Å². The van der Waals surface area contributed by atoms with Crippen LogP contribution in [0.4, 0.5) is 33.5 Å². The van der Waals surface area contributed by atoms with Gasteiger partial charge >= 0.3 is 12.2 Å². The number of nitrogens with one attached hydrogen (secondary N) is 1. The molecule has 13 heteroatoms. The third-order valence-electron chi connectivity index (χ3n) is 9.44. The molecule has 4 fully saturated rings. The van der Waals surface area contributed by atoms with Gasteiger partial charge in [-0.25, -0.2) is 8.78 Å². The fraction of sp³-hybridized carbons (Fsp3) is 0.643. The van der Waals surface area contributed by atoms with Gasteiger partial charge in [0, 0.05) is 55.7 Å². The van der Waals surface area contributed by atoms with Crippen LogP contribution in [0.1, 0.15) is 60.6 Å². The number of hydrogen-bond acceptors (Lipinski definition) is 8. The van der Waals surface area contributed by atoms with E-state index in [1.54, 1.807) is 0 Å². The lowest BCUT2D eigenvalue weighted by molar-refractivity contribution is -0.140. The third-order valence-corrected chi connectivity index (χ3v) is 9.44. The number of nitrogens with two attached hydrogens (primary N) is 1. The summed E-state index contributed by atoms with van der Waals surface area (Å²) >= 11 is 0. The Morgan fingerprint density at radius 2 is 1.93 bits per heavy atom. The summed E-state index contributed by atoms with van der Waals surface area (Å²) in [6, 6.07) is 2.42. The molecule has 0 aliphatic carbocycles. The maximum atomic E-state index is 15.1. The molecule has 2 bridgehead atoms. The summed E-state index contributed by atoms with van der Waals surface area (Å²) in [7, 11) is 0. The van der Waals surface area contributed by atoms with Gasteiger partial charge in [0.05, 0.1) is 35.2 Å². The van der Waals surface area contributed by atoms with Gasteiger partial charge in [-0.05, 0) is 44.4 Å². The number of hydrogen-bond donors (Lipinski definition) is 2. The average Bonchev–Trinajstić information content (AvgIpc) is 3.57. The predicted octanol–water partition coefficient (Wildman–Crippen LogP) is 3.93. The highest BCUT2D eigenvalue weighted by Crippen LogP contribution is 2.44. The van der Waals surface area contributed by atoms with Crippen molar-refractivity contribution < 1.29 is 31.4 Å². The maximum Gasteiger partial charge on any atom is 0.416 e. The fourth-order valence-corrected chi connectivity index (χ4v) is 7.53. The fourth-order valence-electron chi connectivity index (χ4n) is 7.53. The molecule has 3 N–H and O–H groups in total. The standard InChI is InChI=1S/C28H33F5N6O2/c29-15-9-27(6-1-7-39(27)10-15)14-41-26-36-21-8-22(23-19(28(31,32)33)4-5-20(34)24(23)30)40-13-18(21)25(37-26)38-11-16-2-3-17(12-38)35-16/h4-5,15-17,22,35H,1-3,6-14,34H2/t15-,16?,17?,22-,27+/m1/s1. The maximum absolute atomic E-state index is 15.1. The molecule has 5 atom stereocenters. The van der Waals surface area contributed by atoms with Gasteiger partial charge in [-0.15, -0.1) is 0 Å². The van der Waals surface area contributed by atoms with Crippen molar-refractivity contribution in [3.05, 3.63) is 40.3 Å². The van der Waals surface area contributed by atoms with Crippen LogP contribution in [0.2, 0.25) is 0 Å². The summed E-state index contributed by atoms with van der Waals surface area (Å²) in [6.07, 6.45) is -2.79. The van der Waals surface area contributed by atoms with Gasteiger partial charge in [0.1, 0.15) is 18.6 Å². The molecular weight excluding hydrogens is 547 g/mol. The first-order valence-electron chi connectivity index (χ1n) is 14.3. The molecule has 0 amide bonds. The summed E-state index contributed by atoms with van der Waals surface area (Å²) in [4.78, 5) is 13.7. The number of nitrogen functional groups attached to an aromatic ring is 1. The Bertz CT molecular complexity index is 1330. The van der Waals surface area contributed by atoms with Crippen molar-refractivity contribution >= 4 is 11.5 Å². The second-order valence-electron chi connectivity index (χ2n) is 12.1. The van der Waals surface area contributed by atoms with Crippen LogP contribution in [0.3, 0.4) is 0 Å². The number of ether oxygens (including phenoxy) is 2. The Balaban J connectivity index is 1.24. The van der Waals surface area contributed by atoms with Crippen molar-refractivity contribution in [1.82, 2.24) is 20.2 Å². The molecule has 2 aromatic rings. The molecule has 5 aliphatic rings. The average molecular weight is 581 g/mol. The molecule has 7 rings (SSSR count). The van der Waals surface area contributed by atoms with Crippen LogP contribution in [0, 0.1) is 5.82 Å². The molecule has 0 saturated carbocycles. The van der Waals surface area contributed by atoms with Crippen molar-refractivity contribution in [2.24, 2.45) is 0 Å². The lowest BCUT2D eigenvalue weighted by Crippen LogP contribution is -2.52. The quantitative estimate of drug-likeness (QED) is 0.407. The van der Waals surface area contributed by atoms with Crippen LogP contribution in [-0.4, -0.2) is 71.4 Å². The van der Waals surface area contributed by atoms with E-state index in [0.29, 0.717) is 55.2 Å². The third kappa shape index (κ3) is 4.79. The van der Waals surface area contributed by atoms with Gasteiger partial charge in [-0.3, -0.25) is 4.90 Å². The van der Waals surface area contributed by atoms with Crippen molar-refractivity contribution in [3.63, 3.8) is 0 Å². The monoisotopic (exact) mass is 580 g/mol. The molecule has 8 nitrogen and oxygen atoms in total. The number of halogens is 5. The van der Waals surface area contributed by atoms with E-state index in [-0.39, 0.29) is 31.3 Å². The number of anilines is 2. The summed E-state index contributed by atoms with van der Waals surface area (Å²) in [5.74, 6) is -0.512. The van der Waals surface area contributed by atoms with Gasteiger partial charge in [0.25, 0.3) is 0 Å². The molecule has 5 aliphatic heterocycles. The molecule has 0 spiro atoms. The minimum absolute atomic E-state index is 0.0817. The van der Waals surface area contributed by atoms with Crippen LogP contribution in [-0.2, 0) is 23.9 Å². The Hall–Kier alpha value is -2.77. The molecule has 6 heterocycles. The minimum Gasteiger partial charge on any atom is -0.461 e.